The molecule has 1 aliphatic heterocycles. The van der Waals surface area contributed by atoms with Crippen LogP contribution in [0.2, 0.25) is 0 Å². The Morgan fingerprint density at radius 1 is 1.03 bits per heavy atom. The zero-order chi connectivity index (χ0) is 21.4. The van der Waals surface area contributed by atoms with Crippen molar-refractivity contribution in [2.45, 2.75) is 62.0 Å². The predicted molar refractivity (Wildman–Crippen MR) is 112 cm³/mol. The van der Waals surface area contributed by atoms with Gasteiger partial charge >= 0.3 is 0 Å². The van der Waals surface area contributed by atoms with Crippen LogP contribution >= 0.6 is 0 Å². The number of hydrogen-bond acceptors (Lipinski definition) is 5. The van der Waals surface area contributed by atoms with Gasteiger partial charge in [0.2, 0.25) is 21.8 Å². The van der Waals surface area contributed by atoms with Crippen molar-refractivity contribution in [2.75, 3.05) is 26.2 Å². The van der Waals surface area contributed by atoms with Gasteiger partial charge in [-0.25, -0.2) is 13.1 Å². The van der Waals surface area contributed by atoms with Crippen LogP contribution in [-0.2, 0) is 24.3 Å². The number of carbonyl (C=O) groups is 2. The van der Waals surface area contributed by atoms with Gasteiger partial charge in [-0.2, -0.15) is 0 Å². The summed E-state index contributed by atoms with van der Waals surface area (Å²) in [6.07, 6.45) is 6.73. The molecule has 1 atom stereocenters. The highest BCUT2D eigenvalue weighted by Gasteiger charge is 2.28. The van der Waals surface area contributed by atoms with Crippen molar-refractivity contribution in [3.8, 4) is 0 Å². The minimum Gasteiger partial charge on any atom is -0.376 e. The molecule has 8 nitrogen and oxygen atoms in total. The summed E-state index contributed by atoms with van der Waals surface area (Å²) in [5.74, 6) is -0.621. The van der Waals surface area contributed by atoms with E-state index in [2.05, 4.69) is 10.0 Å². The SMILES string of the molecule is O=C(CN(C(=O)CNS(=O)(=O)c1ccccc1)C1CCCCC1)NCC1CCCO1. The summed E-state index contributed by atoms with van der Waals surface area (Å²) in [4.78, 5) is 27.0. The molecule has 1 saturated heterocycles. The van der Waals surface area contributed by atoms with Gasteiger partial charge in [-0.05, 0) is 37.8 Å². The van der Waals surface area contributed by atoms with Crippen LogP contribution < -0.4 is 10.0 Å². The Kier molecular flexibility index (Phi) is 8.24. The lowest BCUT2D eigenvalue weighted by atomic mass is 9.94. The number of hydrogen-bond donors (Lipinski definition) is 2. The molecule has 3 rings (SSSR count). The van der Waals surface area contributed by atoms with Crippen molar-refractivity contribution in [2.24, 2.45) is 0 Å². The number of ether oxygens (including phenoxy) is 1. The van der Waals surface area contributed by atoms with Crippen molar-refractivity contribution in [1.82, 2.24) is 14.9 Å². The van der Waals surface area contributed by atoms with Crippen molar-refractivity contribution in [3.05, 3.63) is 30.3 Å². The number of benzene rings is 1. The van der Waals surface area contributed by atoms with E-state index in [1.165, 1.54) is 17.0 Å². The summed E-state index contributed by atoms with van der Waals surface area (Å²) in [7, 11) is -3.78. The number of sulfonamides is 1. The number of nitrogens with one attached hydrogen (secondary N) is 2. The molecule has 1 aromatic carbocycles. The van der Waals surface area contributed by atoms with Crippen LogP contribution in [0.15, 0.2) is 35.2 Å². The normalized spacial score (nSPS) is 20.1. The fourth-order valence-electron chi connectivity index (χ4n) is 4.00. The van der Waals surface area contributed by atoms with Gasteiger partial charge < -0.3 is 15.0 Å². The van der Waals surface area contributed by atoms with E-state index in [9.17, 15) is 18.0 Å². The van der Waals surface area contributed by atoms with Gasteiger partial charge in [0.1, 0.15) is 0 Å². The standard InChI is InChI=1S/C21H31N3O5S/c25-20(22-14-18-10-7-13-29-18)16-24(17-8-3-1-4-9-17)21(26)15-23-30(27,28)19-11-5-2-6-12-19/h2,5-6,11-12,17-18,23H,1,3-4,7-10,13-16H2,(H,22,25). The maximum atomic E-state index is 12.9. The van der Waals surface area contributed by atoms with Crippen LogP contribution in [0.4, 0.5) is 0 Å². The zero-order valence-corrected chi connectivity index (χ0v) is 18.0. The highest BCUT2D eigenvalue weighted by atomic mass is 32.2. The lowest BCUT2D eigenvalue weighted by Gasteiger charge is -2.34. The average molecular weight is 438 g/mol. The second-order valence-corrected chi connectivity index (χ2v) is 9.66. The van der Waals surface area contributed by atoms with E-state index in [4.69, 9.17) is 4.74 Å². The van der Waals surface area contributed by atoms with Crippen LogP contribution in [0.3, 0.4) is 0 Å². The molecule has 9 heteroatoms. The summed E-state index contributed by atoms with van der Waals surface area (Å²) in [6, 6.07) is 7.89. The minimum atomic E-state index is -3.78. The number of rotatable bonds is 9. The van der Waals surface area contributed by atoms with E-state index in [1.807, 2.05) is 0 Å². The van der Waals surface area contributed by atoms with Gasteiger partial charge in [0.25, 0.3) is 0 Å². The van der Waals surface area contributed by atoms with Crippen molar-refractivity contribution >= 4 is 21.8 Å². The summed E-state index contributed by atoms with van der Waals surface area (Å²) in [6.45, 7) is 0.719. The number of carbonyl (C=O) groups excluding carboxylic acids is 2. The lowest BCUT2D eigenvalue weighted by molar-refractivity contribution is -0.138. The molecule has 1 saturated carbocycles. The molecular weight excluding hydrogens is 406 g/mol. The van der Waals surface area contributed by atoms with Crippen LogP contribution in [0, 0.1) is 0 Å². The van der Waals surface area contributed by atoms with Crippen LogP contribution in [0.25, 0.3) is 0 Å². The van der Waals surface area contributed by atoms with E-state index in [0.717, 1.165) is 51.6 Å². The Labute approximate surface area is 178 Å². The minimum absolute atomic E-state index is 0.0328. The topological polar surface area (TPSA) is 105 Å². The molecule has 166 valence electrons. The average Bonchev–Trinajstić information content (AvgIpc) is 3.29. The molecule has 2 amide bonds. The van der Waals surface area contributed by atoms with Gasteiger partial charge in [-0.15, -0.1) is 0 Å². The van der Waals surface area contributed by atoms with Crippen LogP contribution in [0.1, 0.15) is 44.9 Å². The molecule has 1 aromatic rings. The Hall–Kier alpha value is -1.97. The monoisotopic (exact) mass is 437 g/mol. The number of nitrogens with zero attached hydrogens (tertiary/aromatic N) is 1. The second kappa shape index (κ2) is 10.9. The molecule has 1 unspecified atom stereocenters. The Balaban J connectivity index is 1.59. The Morgan fingerprint density at radius 3 is 2.43 bits per heavy atom. The first-order valence-corrected chi connectivity index (χ1v) is 12.2. The van der Waals surface area contributed by atoms with Gasteiger partial charge in [0.05, 0.1) is 24.1 Å². The predicted octanol–water partition coefficient (Wildman–Crippen LogP) is 1.42. The van der Waals surface area contributed by atoms with E-state index in [-0.39, 0.29) is 41.9 Å². The van der Waals surface area contributed by atoms with Gasteiger partial charge in [-0.3, -0.25) is 9.59 Å². The van der Waals surface area contributed by atoms with E-state index in [0.29, 0.717) is 6.54 Å². The zero-order valence-electron chi connectivity index (χ0n) is 17.2. The van der Waals surface area contributed by atoms with Crippen LogP contribution in [-0.4, -0.2) is 63.5 Å². The molecule has 0 bridgehead atoms. The van der Waals surface area contributed by atoms with Gasteiger partial charge in [0.15, 0.2) is 0 Å². The first-order chi connectivity index (χ1) is 14.5. The second-order valence-electron chi connectivity index (χ2n) is 7.89. The van der Waals surface area contributed by atoms with Crippen molar-refractivity contribution < 1.29 is 22.7 Å². The number of amides is 2. The molecule has 2 aliphatic rings. The molecule has 0 radical (unpaired) electrons. The van der Waals surface area contributed by atoms with E-state index >= 15 is 0 Å². The third-order valence-corrected chi connectivity index (χ3v) is 7.08. The maximum Gasteiger partial charge on any atom is 0.241 e. The summed E-state index contributed by atoms with van der Waals surface area (Å²) in [5, 5.41) is 2.85. The van der Waals surface area contributed by atoms with Crippen LogP contribution in [0.5, 0.6) is 0 Å². The molecule has 2 N–H and O–H groups in total. The van der Waals surface area contributed by atoms with Gasteiger partial charge in [-0.1, -0.05) is 37.5 Å². The molecular formula is C21H31N3O5S. The van der Waals surface area contributed by atoms with E-state index in [1.54, 1.807) is 18.2 Å². The Bertz CT molecular complexity index is 803. The van der Waals surface area contributed by atoms with Crippen molar-refractivity contribution in [1.29, 1.82) is 0 Å². The maximum absolute atomic E-state index is 12.9. The summed E-state index contributed by atoms with van der Waals surface area (Å²) < 4.78 is 32.8. The fraction of sp³-hybridized carbons (Fsp3) is 0.619. The largest absolute Gasteiger partial charge is 0.376 e. The lowest BCUT2D eigenvalue weighted by Crippen LogP contribution is -2.50. The molecule has 0 spiro atoms. The first-order valence-electron chi connectivity index (χ1n) is 10.7. The molecule has 1 aliphatic carbocycles. The first kappa shape index (κ1) is 22.7. The smallest absolute Gasteiger partial charge is 0.241 e. The summed E-state index contributed by atoms with van der Waals surface area (Å²) >= 11 is 0. The Morgan fingerprint density at radius 2 is 1.77 bits per heavy atom. The molecule has 2 fully saturated rings. The van der Waals surface area contributed by atoms with E-state index < -0.39 is 10.0 Å². The highest BCUT2D eigenvalue weighted by Crippen LogP contribution is 2.22. The van der Waals surface area contributed by atoms with Gasteiger partial charge in [0, 0.05) is 19.2 Å². The fourth-order valence-corrected chi connectivity index (χ4v) is 4.99. The third kappa shape index (κ3) is 6.52. The quantitative estimate of drug-likeness (QED) is 0.608. The highest BCUT2D eigenvalue weighted by molar-refractivity contribution is 7.89. The molecule has 0 aromatic heterocycles. The molecule has 30 heavy (non-hydrogen) atoms. The summed E-state index contributed by atoms with van der Waals surface area (Å²) in [5.41, 5.74) is 0. The van der Waals surface area contributed by atoms with Crippen molar-refractivity contribution in [3.63, 3.8) is 0 Å². The third-order valence-electron chi connectivity index (χ3n) is 5.67. The molecule has 1 heterocycles.